The fourth-order valence-electron chi connectivity index (χ4n) is 2.63. The van der Waals surface area contributed by atoms with Crippen molar-refractivity contribution in [1.82, 2.24) is 10.6 Å². The molecule has 1 atom stereocenters. The highest BCUT2D eigenvalue weighted by Crippen LogP contribution is 2.19. The molecule has 2 N–H and O–H groups in total. The summed E-state index contributed by atoms with van der Waals surface area (Å²) in [5, 5.41) is 6.47. The molecule has 1 aromatic carbocycles. The second-order valence-corrected chi connectivity index (χ2v) is 6.24. The van der Waals surface area contributed by atoms with Crippen LogP contribution in [-0.2, 0) is 16.0 Å². The standard InChI is InChI=1S/C15H21BrN2O2/c1-20-11-15(6-3-7-18-15)10-17-14(19)9-12-4-2-5-13(16)8-12/h2,4-5,8,18H,3,6-7,9-11H2,1H3,(H,17,19). The van der Waals surface area contributed by atoms with Crippen molar-refractivity contribution < 1.29 is 9.53 Å². The first-order chi connectivity index (χ1) is 9.63. The van der Waals surface area contributed by atoms with E-state index in [1.54, 1.807) is 7.11 Å². The van der Waals surface area contributed by atoms with E-state index in [-0.39, 0.29) is 11.4 Å². The van der Waals surface area contributed by atoms with E-state index >= 15 is 0 Å². The average Bonchev–Trinajstić information content (AvgIpc) is 2.86. The summed E-state index contributed by atoms with van der Waals surface area (Å²) >= 11 is 3.42. The molecule has 4 nitrogen and oxygen atoms in total. The van der Waals surface area contributed by atoms with Gasteiger partial charge in [0.25, 0.3) is 0 Å². The molecule has 0 aromatic heterocycles. The van der Waals surface area contributed by atoms with E-state index in [2.05, 4.69) is 26.6 Å². The molecule has 1 amide bonds. The number of amides is 1. The van der Waals surface area contributed by atoms with Gasteiger partial charge >= 0.3 is 0 Å². The minimum absolute atomic E-state index is 0.0484. The molecule has 5 heteroatoms. The monoisotopic (exact) mass is 340 g/mol. The van der Waals surface area contributed by atoms with Crippen molar-refractivity contribution >= 4 is 21.8 Å². The zero-order chi connectivity index (χ0) is 14.4. The van der Waals surface area contributed by atoms with E-state index in [0.717, 1.165) is 29.4 Å². The van der Waals surface area contributed by atoms with Gasteiger partial charge in [-0.3, -0.25) is 4.79 Å². The SMILES string of the molecule is COCC1(CNC(=O)Cc2cccc(Br)c2)CCCN1. The Morgan fingerprint density at radius 2 is 2.40 bits per heavy atom. The van der Waals surface area contributed by atoms with Crippen LogP contribution in [0, 0.1) is 0 Å². The van der Waals surface area contributed by atoms with Crippen LogP contribution in [0.25, 0.3) is 0 Å². The molecule has 1 saturated heterocycles. The Labute approximate surface area is 128 Å². The maximum Gasteiger partial charge on any atom is 0.224 e. The Morgan fingerprint density at radius 3 is 3.05 bits per heavy atom. The predicted octanol–water partition coefficient (Wildman–Crippen LogP) is 1.88. The van der Waals surface area contributed by atoms with Crippen LogP contribution < -0.4 is 10.6 Å². The lowest BCUT2D eigenvalue weighted by molar-refractivity contribution is -0.120. The molecule has 0 radical (unpaired) electrons. The topological polar surface area (TPSA) is 50.4 Å². The van der Waals surface area contributed by atoms with Crippen LogP contribution in [0.2, 0.25) is 0 Å². The van der Waals surface area contributed by atoms with Crippen molar-refractivity contribution in [2.75, 3.05) is 26.8 Å². The number of rotatable bonds is 6. The summed E-state index contributed by atoms with van der Waals surface area (Å²) in [6.07, 6.45) is 2.57. The lowest BCUT2D eigenvalue weighted by atomic mass is 9.98. The average molecular weight is 341 g/mol. The van der Waals surface area contributed by atoms with Gasteiger partial charge in [-0.05, 0) is 37.1 Å². The molecule has 1 aromatic rings. The second-order valence-electron chi connectivity index (χ2n) is 5.33. The fraction of sp³-hybridized carbons (Fsp3) is 0.533. The maximum atomic E-state index is 12.0. The molecular weight excluding hydrogens is 320 g/mol. The molecule has 1 unspecified atom stereocenters. The minimum Gasteiger partial charge on any atom is -0.383 e. The second kappa shape index (κ2) is 7.20. The Balaban J connectivity index is 1.85. The van der Waals surface area contributed by atoms with Gasteiger partial charge in [-0.2, -0.15) is 0 Å². The molecule has 1 aliphatic rings. The van der Waals surface area contributed by atoms with Crippen molar-refractivity contribution in [2.24, 2.45) is 0 Å². The van der Waals surface area contributed by atoms with Gasteiger partial charge in [-0.1, -0.05) is 28.1 Å². The quantitative estimate of drug-likeness (QED) is 0.831. The molecule has 1 heterocycles. The van der Waals surface area contributed by atoms with Gasteiger partial charge in [0.05, 0.1) is 18.6 Å². The number of methoxy groups -OCH3 is 1. The highest BCUT2D eigenvalue weighted by Gasteiger charge is 2.33. The highest BCUT2D eigenvalue weighted by atomic mass is 79.9. The van der Waals surface area contributed by atoms with Crippen molar-refractivity contribution in [3.63, 3.8) is 0 Å². The molecule has 0 saturated carbocycles. The van der Waals surface area contributed by atoms with E-state index in [4.69, 9.17) is 4.74 Å². The summed E-state index contributed by atoms with van der Waals surface area (Å²) in [6, 6.07) is 7.83. The molecule has 2 rings (SSSR count). The van der Waals surface area contributed by atoms with Crippen LogP contribution in [-0.4, -0.2) is 38.3 Å². The zero-order valence-corrected chi connectivity index (χ0v) is 13.3. The van der Waals surface area contributed by atoms with Crippen LogP contribution in [0.15, 0.2) is 28.7 Å². The highest BCUT2D eigenvalue weighted by molar-refractivity contribution is 9.10. The number of benzene rings is 1. The summed E-state index contributed by atoms with van der Waals surface area (Å²) < 4.78 is 6.27. The number of halogens is 1. The molecule has 0 aliphatic carbocycles. The first-order valence-corrected chi connectivity index (χ1v) is 7.68. The molecule has 1 fully saturated rings. The molecule has 20 heavy (non-hydrogen) atoms. The lowest BCUT2D eigenvalue weighted by Gasteiger charge is -2.29. The van der Waals surface area contributed by atoms with Gasteiger partial charge < -0.3 is 15.4 Å². The summed E-state index contributed by atoms with van der Waals surface area (Å²) in [7, 11) is 1.70. The molecule has 0 spiro atoms. The smallest absolute Gasteiger partial charge is 0.224 e. The Bertz CT molecular complexity index is 459. The van der Waals surface area contributed by atoms with Crippen molar-refractivity contribution in [3.8, 4) is 0 Å². The number of carbonyl (C=O) groups excluding carboxylic acids is 1. The van der Waals surface area contributed by atoms with Gasteiger partial charge in [0, 0.05) is 18.1 Å². The Kier molecular flexibility index (Phi) is 5.57. The summed E-state index contributed by atoms with van der Waals surface area (Å²) in [6.45, 7) is 2.24. The van der Waals surface area contributed by atoms with E-state index < -0.39 is 0 Å². The third kappa shape index (κ3) is 4.30. The lowest BCUT2D eigenvalue weighted by Crippen LogP contribution is -2.53. The third-order valence-corrected chi connectivity index (χ3v) is 4.12. The number of carbonyl (C=O) groups is 1. The van der Waals surface area contributed by atoms with Gasteiger partial charge in [-0.15, -0.1) is 0 Å². The van der Waals surface area contributed by atoms with E-state index in [1.165, 1.54) is 0 Å². The molecule has 0 bridgehead atoms. The summed E-state index contributed by atoms with van der Waals surface area (Å²) in [5.74, 6) is 0.0484. The maximum absolute atomic E-state index is 12.0. The van der Waals surface area contributed by atoms with Crippen LogP contribution in [0.3, 0.4) is 0 Å². The Hall–Kier alpha value is -0.910. The number of ether oxygens (including phenoxy) is 1. The first-order valence-electron chi connectivity index (χ1n) is 6.89. The first kappa shape index (κ1) is 15.5. The third-order valence-electron chi connectivity index (χ3n) is 3.63. The fourth-order valence-corrected chi connectivity index (χ4v) is 3.08. The zero-order valence-electron chi connectivity index (χ0n) is 11.7. The summed E-state index contributed by atoms with van der Waals surface area (Å²) in [5.41, 5.74) is 0.916. The largest absolute Gasteiger partial charge is 0.383 e. The molecule has 1 aliphatic heterocycles. The number of nitrogens with one attached hydrogen (secondary N) is 2. The molecule has 110 valence electrons. The van der Waals surface area contributed by atoms with Crippen molar-refractivity contribution in [3.05, 3.63) is 34.3 Å². The van der Waals surface area contributed by atoms with Crippen LogP contribution in [0.4, 0.5) is 0 Å². The minimum atomic E-state index is -0.0956. The Morgan fingerprint density at radius 1 is 1.55 bits per heavy atom. The van der Waals surface area contributed by atoms with Crippen molar-refractivity contribution in [2.45, 2.75) is 24.8 Å². The van der Waals surface area contributed by atoms with E-state index in [1.807, 2.05) is 24.3 Å². The van der Waals surface area contributed by atoms with E-state index in [0.29, 0.717) is 19.6 Å². The van der Waals surface area contributed by atoms with Gasteiger partial charge in [0.2, 0.25) is 5.91 Å². The summed E-state index contributed by atoms with van der Waals surface area (Å²) in [4.78, 5) is 12.0. The van der Waals surface area contributed by atoms with E-state index in [9.17, 15) is 4.79 Å². The van der Waals surface area contributed by atoms with Crippen molar-refractivity contribution in [1.29, 1.82) is 0 Å². The van der Waals surface area contributed by atoms with Crippen LogP contribution in [0.5, 0.6) is 0 Å². The van der Waals surface area contributed by atoms with Gasteiger partial charge in [-0.25, -0.2) is 0 Å². The van der Waals surface area contributed by atoms with Crippen LogP contribution in [0.1, 0.15) is 18.4 Å². The van der Waals surface area contributed by atoms with Gasteiger partial charge in [0.1, 0.15) is 0 Å². The van der Waals surface area contributed by atoms with Gasteiger partial charge in [0.15, 0.2) is 0 Å². The number of hydrogen-bond donors (Lipinski definition) is 2. The number of hydrogen-bond acceptors (Lipinski definition) is 3. The van der Waals surface area contributed by atoms with Crippen LogP contribution >= 0.6 is 15.9 Å². The predicted molar refractivity (Wildman–Crippen MR) is 82.7 cm³/mol. The molecular formula is C15H21BrN2O2. The normalized spacial score (nSPS) is 21.9.